The van der Waals surface area contributed by atoms with E-state index in [1.54, 1.807) is 36.4 Å². The van der Waals surface area contributed by atoms with Crippen LogP contribution >= 0.6 is 11.6 Å². The van der Waals surface area contributed by atoms with Gasteiger partial charge in [0, 0.05) is 5.56 Å². The van der Waals surface area contributed by atoms with Gasteiger partial charge < -0.3 is 10.1 Å². The lowest BCUT2D eigenvalue weighted by Crippen LogP contribution is -2.21. The molecule has 0 aliphatic rings. The fourth-order valence-corrected chi connectivity index (χ4v) is 2.89. The van der Waals surface area contributed by atoms with Gasteiger partial charge in [-0.05, 0) is 42.3 Å². The monoisotopic (exact) mass is 379 g/mol. The number of amides is 1. The Balaban J connectivity index is 1.65. The van der Waals surface area contributed by atoms with Crippen molar-refractivity contribution in [1.29, 1.82) is 0 Å². The SMILES string of the molecule is CC(=O)c1ccccc1NC(=O)COc1ccc(-c2ccccc2)cc1Cl. The number of halogens is 1. The van der Waals surface area contributed by atoms with Gasteiger partial charge in [0.05, 0.1) is 10.7 Å². The summed E-state index contributed by atoms with van der Waals surface area (Å²) in [4.78, 5) is 23.8. The van der Waals surface area contributed by atoms with E-state index in [0.29, 0.717) is 22.0 Å². The Hall–Kier alpha value is -3.11. The first-order chi connectivity index (χ1) is 13.0. The van der Waals surface area contributed by atoms with Gasteiger partial charge >= 0.3 is 0 Å². The molecule has 27 heavy (non-hydrogen) atoms. The van der Waals surface area contributed by atoms with Gasteiger partial charge in [0.25, 0.3) is 5.91 Å². The molecule has 3 aromatic rings. The van der Waals surface area contributed by atoms with Crippen LogP contribution in [0.25, 0.3) is 11.1 Å². The van der Waals surface area contributed by atoms with E-state index >= 15 is 0 Å². The van der Waals surface area contributed by atoms with Gasteiger partial charge in [-0.15, -0.1) is 0 Å². The number of hydrogen-bond acceptors (Lipinski definition) is 3. The van der Waals surface area contributed by atoms with E-state index in [1.807, 2.05) is 36.4 Å². The van der Waals surface area contributed by atoms with Crippen molar-refractivity contribution in [2.75, 3.05) is 11.9 Å². The Labute approximate surface area is 162 Å². The zero-order valence-electron chi connectivity index (χ0n) is 14.7. The van der Waals surface area contributed by atoms with Crippen LogP contribution in [-0.2, 0) is 4.79 Å². The third kappa shape index (κ3) is 4.74. The van der Waals surface area contributed by atoms with Crippen LogP contribution in [0.4, 0.5) is 5.69 Å². The van der Waals surface area contributed by atoms with Gasteiger partial charge in [0.15, 0.2) is 12.4 Å². The Bertz CT molecular complexity index is 970. The minimum Gasteiger partial charge on any atom is -0.482 e. The second kappa shape index (κ2) is 8.52. The number of carbonyl (C=O) groups is 2. The molecule has 0 aliphatic carbocycles. The van der Waals surface area contributed by atoms with E-state index in [2.05, 4.69) is 5.32 Å². The lowest BCUT2D eigenvalue weighted by molar-refractivity contribution is -0.118. The summed E-state index contributed by atoms with van der Waals surface area (Å²) in [6, 6.07) is 22.1. The molecule has 0 atom stereocenters. The maximum absolute atomic E-state index is 12.2. The minimum absolute atomic E-state index is 0.119. The number of Topliss-reactive ketones (excluding diaryl/α,β-unsaturated/α-hetero) is 1. The smallest absolute Gasteiger partial charge is 0.262 e. The molecule has 5 heteroatoms. The minimum atomic E-state index is -0.369. The van der Waals surface area contributed by atoms with Gasteiger partial charge in [-0.1, -0.05) is 60.1 Å². The van der Waals surface area contributed by atoms with Crippen LogP contribution in [0.5, 0.6) is 5.75 Å². The van der Waals surface area contributed by atoms with Crippen LogP contribution in [-0.4, -0.2) is 18.3 Å². The van der Waals surface area contributed by atoms with Crippen molar-refractivity contribution in [3.63, 3.8) is 0 Å². The van der Waals surface area contributed by atoms with Crippen molar-refractivity contribution < 1.29 is 14.3 Å². The van der Waals surface area contributed by atoms with Crippen molar-refractivity contribution >= 4 is 29.0 Å². The molecule has 0 heterocycles. The Kier molecular flexibility index (Phi) is 5.89. The summed E-state index contributed by atoms with van der Waals surface area (Å²) in [6.07, 6.45) is 0. The maximum atomic E-state index is 12.2. The number of rotatable bonds is 6. The lowest BCUT2D eigenvalue weighted by atomic mass is 10.1. The zero-order chi connectivity index (χ0) is 19.2. The molecule has 0 saturated carbocycles. The molecular formula is C22H18ClNO3. The highest BCUT2D eigenvalue weighted by Crippen LogP contribution is 2.30. The van der Waals surface area contributed by atoms with Crippen LogP contribution in [0.2, 0.25) is 5.02 Å². The van der Waals surface area contributed by atoms with Crippen LogP contribution < -0.4 is 10.1 Å². The molecular weight excluding hydrogens is 362 g/mol. The summed E-state index contributed by atoms with van der Waals surface area (Å²) in [6.45, 7) is 1.24. The standard InChI is InChI=1S/C22H18ClNO3/c1-15(25)18-9-5-6-10-20(18)24-22(26)14-27-21-12-11-17(13-19(21)23)16-7-3-2-4-8-16/h2-13H,14H2,1H3,(H,24,26). The molecule has 0 aliphatic heterocycles. The van der Waals surface area contributed by atoms with Crippen LogP contribution in [0.15, 0.2) is 72.8 Å². The molecule has 136 valence electrons. The fourth-order valence-electron chi connectivity index (χ4n) is 2.66. The average molecular weight is 380 g/mol. The van der Waals surface area contributed by atoms with Crippen molar-refractivity contribution in [1.82, 2.24) is 0 Å². The summed E-state index contributed by atoms with van der Waals surface area (Å²) < 4.78 is 5.53. The summed E-state index contributed by atoms with van der Waals surface area (Å²) in [5.41, 5.74) is 2.93. The van der Waals surface area contributed by atoms with Gasteiger partial charge in [-0.2, -0.15) is 0 Å². The van der Waals surface area contributed by atoms with Gasteiger partial charge in [0.2, 0.25) is 0 Å². The van der Waals surface area contributed by atoms with Crippen LogP contribution in [0.3, 0.4) is 0 Å². The van der Waals surface area contributed by atoms with E-state index in [4.69, 9.17) is 16.3 Å². The third-order valence-electron chi connectivity index (χ3n) is 3.98. The number of carbonyl (C=O) groups excluding carboxylic acids is 2. The number of anilines is 1. The lowest BCUT2D eigenvalue weighted by Gasteiger charge is -2.11. The quantitative estimate of drug-likeness (QED) is 0.597. The Morgan fingerprint density at radius 3 is 2.33 bits per heavy atom. The van der Waals surface area contributed by atoms with Gasteiger partial charge in [-0.25, -0.2) is 0 Å². The third-order valence-corrected chi connectivity index (χ3v) is 4.27. The molecule has 3 aromatic carbocycles. The van der Waals surface area contributed by atoms with Crippen LogP contribution in [0.1, 0.15) is 17.3 Å². The van der Waals surface area contributed by atoms with Crippen LogP contribution in [0, 0.1) is 0 Å². The first-order valence-electron chi connectivity index (χ1n) is 8.42. The molecule has 1 N–H and O–H groups in total. The number of nitrogens with one attached hydrogen (secondary N) is 1. The predicted octanol–water partition coefficient (Wildman–Crippen LogP) is 5.23. The fraction of sp³-hybridized carbons (Fsp3) is 0.0909. The molecule has 0 bridgehead atoms. The summed E-state index contributed by atoms with van der Waals surface area (Å²) in [5.74, 6) is -0.0652. The normalized spacial score (nSPS) is 10.3. The second-order valence-electron chi connectivity index (χ2n) is 5.95. The topological polar surface area (TPSA) is 55.4 Å². The molecule has 4 nitrogen and oxygen atoms in total. The molecule has 0 fully saturated rings. The highest BCUT2D eigenvalue weighted by Gasteiger charge is 2.11. The first-order valence-corrected chi connectivity index (χ1v) is 8.80. The molecule has 1 amide bonds. The molecule has 0 unspecified atom stereocenters. The van der Waals surface area contributed by atoms with E-state index in [1.165, 1.54) is 6.92 Å². The van der Waals surface area contributed by atoms with E-state index in [-0.39, 0.29) is 18.3 Å². The number of ether oxygens (including phenoxy) is 1. The second-order valence-corrected chi connectivity index (χ2v) is 6.36. The van der Waals surface area contributed by atoms with E-state index in [0.717, 1.165) is 11.1 Å². The maximum Gasteiger partial charge on any atom is 0.262 e. The van der Waals surface area contributed by atoms with Crippen molar-refractivity contribution in [2.24, 2.45) is 0 Å². The molecule has 0 saturated heterocycles. The number of hydrogen-bond donors (Lipinski definition) is 1. The Morgan fingerprint density at radius 1 is 0.926 bits per heavy atom. The predicted molar refractivity (Wildman–Crippen MR) is 107 cm³/mol. The van der Waals surface area contributed by atoms with Crippen molar-refractivity contribution in [3.8, 4) is 16.9 Å². The number of benzene rings is 3. The number of ketones is 1. The van der Waals surface area contributed by atoms with E-state index in [9.17, 15) is 9.59 Å². The van der Waals surface area contributed by atoms with Crippen molar-refractivity contribution in [3.05, 3.63) is 83.4 Å². The summed E-state index contributed by atoms with van der Waals surface area (Å²) in [5, 5.41) is 3.12. The molecule has 3 rings (SSSR count). The van der Waals surface area contributed by atoms with Gasteiger partial charge in [0.1, 0.15) is 5.75 Å². The van der Waals surface area contributed by atoms with Crippen molar-refractivity contribution in [2.45, 2.75) is 6.92 Å². The Morgan fingerprint density at radius 2 is 1.63 bits per heavy atom. The molecule has 0 radical (unpaired) electrons. The summed E-state index contributed by atoms with van der Waals surface area (Å²) >= 11 is 6.29. The average Bonchev–Trinajstić information content (AvgIpc) is 2.68. The molecule has 0 aromatic heterocycles. The van der Waals surface area contributed by atoms with E-state index < -0.39 is 0 Å². The highest BCUT2D eigenvalue weighted by atomic mass is 35.5. The van der Waals surface area contributed by atoms with Gasteiger partial charge in [-0.3, -0.25) is 9.59 Å². The zero-order valence-corrected chi connectivity index (χ0v) is 15.5. The number of para-hydroxylation sites is 1. The molecule has 0 spiro atoms. The summed E-state index contributed by atoms with van der Waals surface area (Å²) in [7, 11) is 0. The highest BCUT2D eigenvalue weighted by molar-refractivity contribution is 6.32. The first kappa shape index (κ1) is 18.7. The largest absolute Gasteiger partial charge is 0.482 e.